The first-order valence-electron chi connectivity index (χ1n) is 10.3. The van der Waals surface area contributed by atoms with Crippen molar-refractivity contribution in [2.75, 3.05) is 30.3 Å². The first-order chi connectivity index (χ1) is 16.1. The number of fused-ring (bicyclic) bond motifs is 1. The second-order valence-electron chi connectivity index (χ2n) is 8.06. The lowest BCUT2D eigenvalue weighted by Crippen LogP contribution is -2.48. The second kappa shape index (κ2) is 9.71. The van der Waals surface area contributed by atoms with Crippen LogP contribution in [0.2, 0.25) is 15.1 Å². The van der Waals surface area contributed by atoms with Crippen molar-refractivity contribution >= 4 is 62.1 Å². The summed E-state index contributed by atoms with van der Waals surface area (Å²) in [4.78, 5) is 19.4. The molecule has 3 aromatic rings. The molecule has 0 saturated heterocycles. The van der Waals surface area contributed by atoms with Gasteiger partial charge in [0.1, 0.15) is 0 Å². The Morgan fingerprint density at radius 3 is 2.41 bits per heavy atom. The Kier molecular flexibility index (Phi) is 7.07. The molecule has 2 heterocycles. The van der Waals surface area contributed by atoms with Crippen LogP contribution in [0.15, 0.2) is 59.6 Å². The van der Waals surface area contributed by atoms with Crippen molar-refractivity contribution in [3.63, 3.8) is 0 Å². The highest BCUT2D eigenvalue weighted by molar-refractivity contribution is 7.92. The summed E-state index contributed by atoms with van der Waals surface area (Å²) in [5.74, 6) is -0.524. The SMILES string of the molecule is CN(C)[C@@H]1Cc2ncc(NC(=O)c3c(Cl)cccc3Cl)cc2N(S(=O)(=O)c2cccc(Cl)c2)C1. The lowest BCUT2D eigenvalue weighted by Gasteiger charge is -2.37. The first-order valence-corrected chi connectivity index (χ1v) is 12.8. The molecule has 0 spiro atoms. The predicted octanol–water partition coefficient (Wildman–Crippen LogP) is 4.98. The van der Waals surface area contributed by atoms with Gasteiger partial charge in [0.25, 0.3) is 15.9 Å². The molecule has 0 aliphatic carbocycles. The van der Waals surface area contributed by atoms with Crippen molar-refractivity contribution in [1.29, 1.82) is 0 Å². The number of likely N-dealkylation sites (N-methyl/N-ethyl adjacent to an activating group) is 1. The Labute approximate surface area is 213 Å². The molecule has 2 aromatic carbocycles. The van der Waals surface area contributed by atoms with E-state index in [-0.39, 0.29) is 33.1 Å². The third-order valence-corrected chi connectivity index (χ3v) is 8.22. The zero-order valence-electron chi connectivity index (χ0n) is 18.3. The van der Waals surface area contributed by atoms with E-state index in [9.17, 15) is 13.2 Å². The molecule has 1 N–H and O–H groups in total. The Balaban J connectivity index is 1.75. The van der Waals surface area contributed by atoms with E-state index in [1.165, 1.54) is 22.6 Å². The number of benzene rings is 2. The summed E-state index contributed by atoms with van der Waals surface area (Å²) >= 11 is 18.4. The van der Waals surface area contributed by atoms with Gasteiger partial charge in [-0.05, 0) is 50.5 Å². The van der Waals surface area contributed by atoms with Gasteiger partial charge < -0.3 is 10.2 Å². The van der Waals surface area contributed by atoms with Gasteiger partial charge in [-0.3, -0.25) is 14.1 Å². The molecule has 1 atom stereocenters. The van der Waals surface area contributed by atoms with Gasteiger partial charge in [0, 0.05) is 17.5 Å². The van der Waals surface area contributed by atoms with Crippen LogP contribution < -0.4 is 9.62 Å². The lowest BCUT2D eigenvalue weighted by molar-refractivity contribution is 0.102. The van der Waals surface area contributed by atoms with E-state index in [1.54, 1.807) is 36.4 Å². The minimum atomic E-state index is -3.95. The maximum atomic E-state index is 13.6. The van der Waals surface area contributed by atoms with Crippen molar-refractivity contribution in [2.24, 2.45) is 0 Å². The van der Waals surface area contributed by atoms with E-state index < -0.39 is 15.9 Å². The molecule has 178 valence electrons. The van der Waals surface area contributed by atoms with Gasteiger partial charge in [-0.2, -0.15) is 0 Å². The lowest BCUT2D eigenvalue weighted by atomic mass is 10.0. The zero-order valence-corrected chi connectivity index (χ0v) is 21.4. The van der Waals surface area contributed by atoms with E-state index in [0.29, 0.717) is 28.5 Å². The average molecular weight is 540 g/mol. The van der Waals surface area contributed by atoms with Gasteiger partial charge >= 0.3 is 0 Å². The summed E-state index contributed by atoms with van der Waals surface area (Å²) in [5.41, 5.74) is 1.43. The molecule has 0 unspecified atom stereocenters. The summed E-state index contributed by atoms with van der Waals surface area (Å²) in [6.45, 7) is 0.213. The topological polar surface area (TPSA) is 82.6 Å². The first kappa shape index (κ1) is 24.8. The quantitative estimate of drug-likeness (QED) is 0.495. The number of anilines is 2. The van der Waals surface area contributed by atoms with Crippen LogP contribution in [-0.4, -0.2) is 50.9 Å². The highest BCUT2D eigenvalue weighted by Gasteiger charge is 2.35. The molecule has 34 heavy (non-hydrogen) atoms. The van der Waals surface area contributed by atoms with E-state index in [1.807, 2.05) is 19.0 Å². The Morgan fingerprint density at radius 1 is 1.09 bits per heavy atom. The molecule has 11 heteroatoms. The molecule has 1 aliphatic rings. The summed E-state index contributed by atoms with van der Waals surface area (Å²) in [7, 11) is -0.167. The van der Waals surface area contributed by atoms with E-state index in [0.717, 1.165) is 0 Å². The second-order valence-corrected chi connectivity index (χ2v) is 11.2. The number of hydrogen-bond donors (Lipinski definition) is 1. The monoisotopic (exact) mass is 538 g/mol. The molecule has 7 nitrogen and oxygen atoms in total. The minimum absolute atomic E-state index is 0.0719. The van der Waals surface area contributed by atoms with Crippen molar-refractivity contribution in [3.8, 4) is 0 Å². The number of rotatable bonds is 5. The van der Waals surface area contributed by atoms with E-state index in [4.69, 9.17) is 34.8 Å². The fourth-order valence-corrected chi connectivity index (χ4v) is 6.13. The fraction of sp³-hybridized carbons (Fsp3) is 0.217. The van der Waals surface area contributed by atoms with E-state index >= 15 is 0 Å². The van der Waals surface area contributed by atoms with Crippen molar-refractivity contribution in [2.45, 2.75) is 17.4 Å². The van der Waals surface area contributed by atoms with Crippen LogP contribution in [-0.2, 0) is 16.4 Å². The number of amides is 1. The van der Waals surface area contributed by atoms with Gasteiger partial charge in [-0.25, -0.2) is 8.42 Å². The van der Waals surface area contributed by atoms with Crippen molar-refractivity contribution < 1.29 is 13.2 Å². The third-order valence-electron chi connectivity index (χ3n) is 5.58. The average Bonchev–Trinajstić information content (AvgIpc) is 2.78. The van der Waals surface area contributed by atoms with Crippen molar-refractivity contribution in [1.82, 2.24) is 9.88 Å². The molecule has 1 aromatic heterocycles. The molecule has 0 bridgehead atoms. The number of hydrogen-bond acceptors (Lipinski definition) is 5. The third kappa shape index (κ3) is 4.87. The number of halogens is 3. The number of carbonyl (C=O) groups is 1. The van der Waals surface area contributed by atoms with Crippen LogP contribution in [0.4, 0.5) is 11.4 Å². The minimum Gasteiger partial charge on any atom is -0.320 e. The molecule has 4 rings (SSSR count). The van der Waals surface area contributed by atoms with Crippen molar-refractivity contribution in [3.05, 3.63) is 81.1 Å². The summed E-state index contributed by atoms with van der Waals surface area (Å²) in [5, 5.41) is 3.45. The summed E-state index contributed by atoms with van der Waals surface area (Å²) < 4.78 is 28.5. The standard InChI is InChI=1S/C23H21Cl3N4O3S/c1-29(2)16-11-20-21(30(13-16)34(32,33)17-6-3-5-14(24)9-17)10-15(12-27-20)28-23(31)22-18(25)7-4-8-19(22)26/h3-10,12,16H,11,13H2,1-2H3,(H,28,31)/t16-/m1/s1. The predicted molar refractivity (Wildman–Crippen MR) is 136 cm³/mol. The Hall–Kier alpha value is -2.36. The summed E-state index contributed by atoms with van der Waals surface area (Å²) in [6.07, 6.45) is 2.04. The van der Waals surface area contributed by atoms with Gasteiger partial charge in [0.2, 0.25) is 0 Å². The van der Waals surface area contributed by atoms with Crippen LogP contribution in [0.5, 0.6) is 0 Å². The number of carbonyl (C=O) groups excluding carboxylic acids is 1. The van der Waals surface area contributed by atoms with Crippen LogP contribution in [0.3, 0.4) is 0 Å². The number of nitrogens with one attached hydrogen (secondary N) is 1. The Bertz CT molecular complexity index is 1350. The van der Waals surface area contributed by atoms with Crippen LogP contribution in [0, 0.1) is 0 Å². The van der Waals surface area contributed by atoms with E-state index in [2.05, 4.69) is 10.3 Å². The van der Waals surface area contributed by atoms with Gasteiger partial charge in [0.05, 0.1) is 50.3 Å². The number of sulfonamides is 1. The van der Waals surface area contributed by atoms with Gasteiger partial charge in [0.15, 0.2) is 0 Å². The smallest absolute Gasteiger partial charge is 0.264 e. The highest BCUT2D eigenvalue weighted by Crippen LogP contribution is 2.35. The summed E-state index contributed by atoms with van der Waals surface area (Å²) in [6, 6.07) is 12.4. The zero-order chi connectivity index (χ0) is 24.6. The number of pyridine rings is 1. The van der Waals surface area contributed by atoms with Crippen LogP contribution >= 0.6 is 34.8 Å². The highest BCUT2D eigenvalue weighted by atomic mass is 35.5. The molecule has 0 radical (unpaired) electrons. The molecule has 0 saturated carbocycles. The molecular weight excluding hydrogens is 519 g/mol. The molecule has 1 aliphatic heterocycles. The van der Waals surface area contributed by atoms with Gasteiger partial charge in [-0.1, -0.05) is 46.9 Å². The maximum absolute atomic E-state index is 13.6. The number of nitrogens with zero attached hydrogens (tertiary/aromatic N) is 3. The van der Waals surface area contributed by atoms with Gasteiger partial charge in [-0.15, -0.1) is 0 Å². The van der Waals surface area contributed by atoms with Crippen LogP contribution in [0.1, 0.15) is 16.1 Å². The number of aromatic nitrogens is 1. The largest absolute Gasteiger partial charge is 0.320 e. The van der Waals surface area contributed by atoms with Crippen LogP contribution in [0.25, 0.3) is 0 Å². The molecular formula is C23H21Cl3N4O3S. The normalized spacial score (nSPS) is 15.8. The Morgan fingerprint density at radius 2 is 1.76 bits per heavy atom. The molecule has 0 fully saturated rings. The fourth-order valence-electron chi connectivity index (χ4n) is 3.74. The molecule has 1 amide bonds. The maximum Gasteiger partial charge on any atom is 0.264 e.